The second-order valence-corrected chi connectivity index (χ2v) is 1.91. The predicted molar refractivity (Wildman–Crippen MR) is 32.4 cm³/mol. The first kappa shape index (κ1) is 9.30. The Morgan fingerprint density at radius 3 is 2.33 bits per heavy atom. The van der Waals surface area contributed by atoms with Crippen molar-refractivity contribution in [3.8, 4) is 0 Å². The standard InChI is InChI=1S/C5H6N2S.Na/c1-4-2-7-5(8)3-6-4;/h2-3H,1H3,(H,7,8);/q;+1/p-1. The van der Waals surface area contributed by atoms with Crippen LogP contribution in [-0.4, -0.2) is 9.97 Å². The number of hydrogen-bond donors (Lipinski definition) is 0. The van der Waals surface area contributed by atoms with Gasteiger partial charge in [0.1, 0.15) is 0 Å². The second kappa shape index (κ2) is 4.17. The molecule has 0 unspecified atom stereocenters. The van der Waals surface area contributed by atoms with Crippen molar-refractivity contribution in [2.45, 2.75) is 11.9 Å². The summed E-state index contributed by atoms with van der Waals surface area (Å²) in [4.78, 5) is 7.74. The molecule has 0 aliphatic heterocycles. The van der Waals surface area contributed by atoms with Gasteiger partial charge in [0.05, 0.1) is 5.69 Å². The van der Waals surface area contributed by atoms with E-state index in [2.05, 4.69) is 9.97 Å². The van der Waals surface area contributed by atoms with Crippen LogP contribution in [-0.2, 0) is 12.6 Å². The third-order valence-electron chi connectivity index (χ3n) is 0.757. The monoisotopic (exact) mass is 148 g/mol. The summed E-state index contributed by atoms with van der Waals surface area (Å²) in [5.74, 6) is 0. The average Bonchev–Trinajstić information content (AvgIpc) is 1.77. The Kier molecular flexibility index (Phi) is 4.31. The van der Waals surface area contributed by atoms with Crippen LogP contribution in [0.3, 0.4) is 0 Å². The molecule has 0 bridgehead atoms. The molecule has 0 spiro atoms. The van der Waals surface area contributed by atoms with Gasteiger partial charge in [-0.1, -0.05) is 5.03 Å². The molecular formula is C5H5N2NaS. The minimum atomic E-state index is 0. The van der Waals surface area contributed by atoms with Gasteiger partial charge in [-0.3, -0.25) is 9.97 Å². The van der Waals surface area contributed by atoms with Crippen LogP contribution >= 0.6 is 0 Å². The molecule has 0 atom stereocenters. The number of aromatic nitrogens is 2. The maximum atomic E-state index is 4.70. The molecule has 0 aromatic carbocycles. The number of aryl methyl sites for hydroxylation is 1. The van der Waals surface area contributed by atoms with Crippen molar-refractivity contribution in [2.75, 3.05) is 0 Å². The van der Waals surface area contributed by atoms with Gasteiger partial charge in [-0.15, -0.1) is 0 Å². The molecule has 42 valence electrons. The Morgan fingerprint density at radius 2 is 2.00 bits per heavy atom. The maximum absolute atomic E-state index is 4.70. The molecule has 1 aromatic rings. The molecule has 1 heterocycles. The average molecular weight is 148 g/mol. The predicted octanol–water partition coefficient (Wildman–Crippen LogP) is -2.31. The molecule has 9 heavy (non-hydrogen) atoms. The van der Waals surface area contributed by atoms with Crippen LogP contribution in [0.1, 0.15) is 5.69 Å². The van der Waals surface area contributed by atoms with Crippen LogP contribution in [0.4, 0.5) is 0 Å². The van der Waals surface area contributed by atoms with Gasteiger partial charge in [-0.2, -0.15) is 0 Å². The van der Waals surface area contributed by atoms with E-state index >= 15 is 0 Å². The Hall–Kier alpha value is 0.300. The number of rotatable bonds is 0. The van der Waals surface area contributed by atoms with Gasteiger partial charge in [-0.05, 0) is 6.92 Å². The van der Waals surface area contributed by atoms with Gasteiger partial charge in [-0.25, -0.2) is 0 Å². The van der Waals surface area contributed by atoms with Crippen molar-refractivity contribution in [2.24, 2.45) is 0 Å². The maximum Gasteiger partial charge on any atom is 1.00 e. The SMILES string of the molecule is Cc1cnc([S-])cn1.[Na+]. The molecule has 1 rings (SSSR count). The Morgan fingerprint density at radius 1 is 1.33 bits per heavy atom. The van der Waals surface area contributed by atoms with E-state index in [9.17, 15) is 0 Å². The van der Waals surface area contributed by atoms with Crippen molar-refractivity contribution in [1.82, 2.24) is 9.97 Å². The van der Waals surface area contributed by atoms with Crippen LogP contribution in [0, 0.1) is 6.92 Å². The van der Waals surface area contributed by atoms with E-state index in [0.29, 0.717) is 5.03 Å². The van der Waals surface area contributed by atoms with E-state index in [4.69, 9.17) is 12.6 Å². The zero-order chi connectivity index (χ0) is 5.98. The summed E-state index contributed by atoms with van der Waals surface area (Å²) in [6, 6.07) is 0. The van der Waals surface area contributed by atoms with E-state index < -0.39 is 0 Å². The molecule has 0 radical (unpaired) electrons. The quantitative estimate of drug-likeness (QED) is 0.305. The van der Waals surface area contributed by atoms with Gasteiger partial charge in [0, 0.05) is 12.4 Å². The largest absolute Gasteiger partial charge is 1.00 e. The molecule has 0 saturated heterocycles. The van der Waals surface area contributed by atoms with Gasteiger partial charge in [0.15, 0.2) is 0 Å². The van der Waals surface area contributed by atoms with Crippen LogP contribution in [0.25, 0.3) is 0 Å². The number of nitrogens with zero attached hydrogens (tertiary/aromatic N) is 2. The van der Waals surface area contributed by atoms with E-state index in [1.807, 2.05) is 6.92 Å². The first-order valence-electron chi connectivity index (χ1n) is 2.25. The topological polar surface area (TPSA) is 25.8 Å². The van der Waals surface area contributed by atoms with E-state index in [1.165, 1.54) is 0 Å². The van der Waals surface area contributed by atoms with Crippen molar-refractivity contribution >= 4 is 12.6 Å². The van der Waals surface area contributed by atoms with Crippen molar-refractivity contribution < 1.29 is 29.6 Å². The third-order valence-corrected chi connectivity index (χ3v) is 0.968. The van der Waals surface area contributed by atoms with Gasteiger partial charge < -0.3 is 12.6 Å². The Balaban J connectivity index is 0.000000640. The van der Waals surface area contributed by atoms with Crippen molar-refractivity contribution in [1.29, 1.82) is 0 Å². The Bertz CT molecular complexity index is 154. The molecule has 1 aromatic heterocycles. The van der Waals surface area contributed by atoms with Crippen LogP contribution in [0.15, 0.2) is 17.4 Å². The van der Waals surface area contributed by atoms with E-state index in [0.717, 1.165) is 5.69 Å². The molecule has 0 amide bonds. The zero-order valence-corrected chi connectivity index (χ0v) is 8.27. The third kappa shape index (κ3) is 3.11. The summed E-state index contributed by atoms with van der Waals surface area (Å²) >= 11 is 4.70. The van der Waals surface area contributed by atoms with E-state index in [-0.39, 0.29) is 29.6 Å². The molecule has 0 aliphatic carbocycles. The molecular weight excluding hydrogens is 143 g/mol. The fourth-order valence-electron chi connectivity index (χ4n) is 0.381. The Labute approximate surface area is 81.8 Å². The smallest absolute Gasteiger partial charge is 0.759 e. The van der Waals surface area contributed by atoms with Gasteiger partial charge >= 0.3 is 29.6 Å². The van der Waals surface area contributed by atoms with Crippen LogP contribution in [0.2, 0.25) is 0 Å². The summed E-state index contributed by atoms with van der Waals surface area (Å²) in [5, 5.41) is 0.551. The number of hydrogen-bond acceptors (Lipinski definition) is 3. The van der Waals surface area contributed by atoms with Crippen LogP contribution < -0.4 is 29.6 Å². The van der Waals surface area contributed by atoms with Crippen molar-refractivity contribution in [3.63, 3.8) is 0 Å². The normalized spacial score (nSPS) is 8.11. The van der Waals surface area contributed by atoms with Crippen molar-refractivity contribution in [3.05, 3.63) is 18.1 Å². The molecule has 0 saturated carbocycles. The summed E-state index contributed by atoms with van der Waals surface area (Å²) in [6.07, 6.45) is 3.23. The molecule has 0 N–H and O–H groups in total. The zero-order valence-electron chi connectivity index (χ0n) is 5.46. The summed E-state index contributed by atoms with van der Waals surface area (Å²) in [7, 11) is 0. The molecule has 0 aliphatic rings. The summed E-state index contributed by atoms with van der Waals surface area (Å²) in [5.41, 5.74) is 0.901. The van der Waals surface area contributed by atoms with E-state index in [1.54, 1.807) is 12.4 Å². The van der Waals surface area contributed by atoms with Gasteiger partial charge in [0.2, 0.25) is 0 Å². The van der Waals surface area contributed by atoms with Gasteiger partial charge in [0.25, 0.3) is 0 Å². The summed E-state index contributed by atoms with van der Waals surface area (Å²) < 4.78 is 0. The summed E-state index contributed by atoms with van der Waals surface area (Å²) in [6.45, 7) is 1.88. The fraction of sp³-hybridized carbons (Fsp3) is 0.200. The first-order valence-corrected chi connectivity index (χ1v) is 2.65. The van der Waals surface area contributed by atoms with Crippen LogP contribution in [0.5, 0.6) is 0 Å². The minimum Gasteiger partial charge on any atom is -0.759 e. The molecule has 0 fully saturated rings. The first-order chi connectivity index (χ1) is 3.79. The molecule has 2 nitrogen and oxygen atoms in total. The second-order valence-electron chi connectivity index (χ2n) is 1.50. The molecule has 4 heteroatoms. The minimum absolute atomic E-state index is 0. The fourth-order valence-corrected chi connectivity index (χ4v) is 0.486.